The predicted octanol–water partition coefficient (Wildman–Crippen LogP) is 5.68. The molecule has 5 rings (SSSR count). The van der Waals surface area contributed by atoms with Crippen LogP contribution in [-0.4, -0.2) is 21.8 Å². The number of fused-ring (bicyclic) bond motifs is 1. The quantitative estimate of drug-likeness (QED) is 0.373. The molecule has 0 spiro atoms. The third kappa shape index (κ3) is 3.31. The van der Waals surface area contributed by atoms with E-state index < -0.39 is 23.5 Å². The molecule has 1 amide bonds. The fourth-order valence-electron chi connectivity index (χ4n) is 3.96. The molecule has 1 N–H and O–H groups in total. The summed E-state index contributed by atoms with van der Waals surface area (Å²) < 4.78 is 6.61. The van der Waals surface area contributed by atoms with Crippen molar-refractivity contribution in [3.8, 4) is 0 Å². The highest BCUT2D eigenvalue weighted by Gasteiger charge is 2.46. The fourth-order valence-corrected chi connectivity index (χ4v) is 4.34. The second kappa shape index (κ2) is 7.76. The molecule has 32 heavy (non-hydrogen) atoms. The van der Waals surface area contributed by atoms with Crippen LogP contribution in [0.3, 0.4) is 0 Å². The lowest BCUT2D eigenvalue weighted by Crippen LogP contribution is -2.31. The summed E-state index contributed by atoms with van der Waals surface area (Å²) in [5, 5.41) is 11.6. The van der Waals surface area contributed by atoms with Crippen molar-refractivity contribution in [2.24, 2.45) is 0 Å². The minimum atomic E-state index is -0.891. The lowest BCUT2D eigenvalue weighted by atomic mass is 9.98. The summed E-state index contributed by atoms with van der Waals surface area (Å²) in [6, 6.07) is 18.7. The summed E-state index contributed by atoms with van der Waals surface area (Å²) in [6.07, 6.45) is 1.59. The van der Waals surface area contributed by atoms with Crippen LogP contribution in [0.2, 0.25) is 0 Å². The summed E-state index contributed by atoms with van der Waals surface area (Å²) in [7, 11) is 0. The van der Waals surface area contributed by atoms with E-state index >= 15 is 0 Å². The van der Waals surface area contributed by atoms with E-state index in [-0.39, 0.29) is 11.3 Å². The Morgan fingerprint density at radius 3 is 2.69 bits per heavy atom. The Morgan fingerprint density at radius 2 is 1.94 bits per heavy atom. The number of pyridine rings is 1. The van der Waals surface area contributed by atoms with E-state index in [1.807, 2.05) is 37.3 Å². The van der Waals surface area contributed by atoms with E-state index in [9.17, 15) is 14.7 Å². The zero-order valence-corrected chi connectivity index (χ0v) is 18.5. The minimum Gasteiger partial charge on any atom is -0.503 e. The number of halogens is 1. The number of benzene rings is 2. The van der Waals surface area contributed by atoms with Gasteiger partial charge >= 0.3 is 0 Å². The molecule has 0 bridgehead atoms. The second-order valence-electron chi connectivity index (χ2n) is 7.56. The van der Waals surface area contributed by atoms with Crippen molar-refractivity contribution >= 4 is 44.3 Å². The summed E-state index contributed by atoms with van der Waals surface area (Å²) in [6.45, 7) is 1.91. The molecule has 0 radical (unpaired) electrons. The van der Waals surface area contributed by atoms with Gasteiger partial charge in [0, 0.05) is 21.7 Å². The van der Waals surface area contributed by atoms with Crippen molar-refractivity contribution < 1.29 is 19.1 Å². The molecule has 0 fully saturated rings. The Bertz CT molecular complexity index is 1410. The molecule has 158 valence electrons. The Labute approximate surface area is 191 Å². The lowest BCUT2D eigenvalue weighted by Gasteiger charge is -2.26. The van der Waals surface area contributed by atoms with Gasteiger partial charge in [-0.15, -0.1) is 0 Å². The highest BCUT2D eigenvalue weighted by atomic mass is 79.9. The van der Waals surface area contributed by atoms with Gasteiger partial charge in [-0.05, 0) is 61.0 Å². The molecule has 1 aliphatic heterocycles. The SMILES string of the molecule is Cc1cccc(N2C(=O)C(O)=C(C(=O)c3cc4cc(Br)ccc4o3)C2c2ccccn2)c1. The van der Waals surface area contributed by atoms with Crippen LogP contribution in [0.1, 0.15) is 27.9 Å². The number of rotatable bonds is 4. The maximum Gasteiger partial charge on any atom is 0.294 e. The number of hydrogen-bond acceptors (Lipinski definition) is 5. The average molecular weight is 489 g/mol. The minimum absolute atomic E-state index is 0.0412. The number of aryl methyl sites for hydroxylation is 1. The molecule has 2 aromatic heterocycles. The van der Waals surface area contributed by atoms with Crippen molar-refractivity contribution in [1.29, 1.82) is 0 Å². The van der Waals surface area contributed by atoms with Crippen LogP contribution < -0.4 is 4.90 Å². The number of furan rings is 1. The van der Waals surface area contributed by atoms with Crippen LogP contribution >= 0.6 is 15.9 Å². The Morgan fingerprint density at radius 1 is 1.09 bits per heavy atom. The standard InChI is InChI=1S/C25H17BrN2O4/c1-14-5-4-6-17(11-14)28-22(18-7-2-3-10-27-18)21(24(30)25(28)31)23(29)20-13-15-12-16(26)8-9-19(15)32-20/h2-13,22,30H,1H3. The van der Waals surface area contributed by atoms with E-state index in [2.05, 4.69) is 20.9 Å². The van der Waals surface area contributed by atoms with Crippen LogP contribution in [0.15, 0.2) is 93.1 Å². The molecule has 1 aliphatic rings. The number of Topliss-reactive ketones (excluding diaryl/α,β-unsaturated/α-hetero) is 1. The lowest BCUT2D eigenvalue weighted by molar-refractivity contribution is -0.117. The number of carbonyl (C=O) groups excluding carboxylic acids is 2. The molecule has 1 atom stereocenters. The van der Waals surface area contributed by atoms with Gasteiger partial charge in [-0.3, -0.25) is 19.5 Å². The molecule has 0 saturated carbocycles. The molecule has 4 aromatic rings. The smallest absolute Gasteiger partial charge is 0.294 e. The Balaban J connectivity index is 1.66. The van der Waals surface area contributed by atoms with Gasteiger partial charge < -0.3 is 9.52 Å². The number of nitrogens with zero attached hydrogens (tertiary/aromatic N) is 2. The van der Waals surface area contributed by atoms with E-state index in [0.29, 0.717) is 17.0 Å². The monoisotopic (exact) mass is 488 g/mol. The zero-order chi connectivity index (χ0) is 22.4. The zero-order valence-electron chi connectivity index (χ0n) is 16.9. The van der Waals surface area contributed by atoms with Gasteiger partial charge in [0.1, 0.15) is 11.6 Å². The normalized spacial score (nSPS) is 16.2. The molecular weight excluding hydrogens is 472 g/mol. The summed E-state index contributed by atoms with van der Waals surface area (Å²) in [5.41, 5.74) is 2.44. The first-order valence-electron chi connectivity index (χ1n) is 9.92. The number of carbonyl (C=O) groups is 2. The molecule has 0 saturated heterocycles. The largest absolute Gasteiger partial charge is 0.503 e. The van der Waals surface area contributed by atoms with Crippen LogP contribution in [0.5, 0.6) is 0 Å². The molecule has 3 heterocycles. The van der Waals surface area contributed by atoms with E-state index in [0.717, 1.165) is 15.4 Å². The first kappa shape index (κ1) is 20.2. The average Bonchev–Trinajstić information content (AvgIpc) is 3.32. The van der Waals surface area contributed by atoms with Crippen LogP contribution in [0.4, 0.5) is 5.69 Å². The van der Waals surface area contributed by atoms with Gasteiger partial charge in [0.2, 0.25) is 5.78 Å². The number of aromatic nitrogens is 1. The molecule has 6 nitrogen and oxygen atoms in total. The van der Waals surface area contributed by atoms with Crippen molar-refractivity contribution in [3.05, 3.63) is 106 Å². The number of anilines is 1. The highest BCUT2D eigenvalue weighted by molar-refractivity contribution is 9.10. The van der Waals surface area contributed by atoms with Crippen LogP contribution in [-0.2, 0) is 4.79 Å². The van der Waals surface area contributed by atoms with Crippen LogP contribution in [0.25, 0.3) is 11.0 Å². The number of ketones is 1. The molecule has 0 aliphatic carbocycles. The molecule has 1 unspecified atom stereocenters. The van der Waals surface area contributed by atoms with Crippen molar-refractivity contribution in [3.63, 3.8) is 0 Å². The van der Waals surface area contributed by atoms with E-state index in [4.69, 9.17) is 4.42 Å². The van der Waals surface area contributed by atoms with Gasteiger partial charge in [0.05, 0.1) is 11.3 Å². The second-order valence-corrected chi connectivity index (χ2v) is 8.47. The third-order valence-corrected chi connectivity index (χ3v) is 5.90. The third-order valence-electron chi connectivity index (χ3n) is 5.40. The van der Waals surface area contributed by atoms with Crippen molar-refractivity contribution in [2.45, 2.75) is 13.0 Å². The highest BCUT2D eigenvalue weighted by Crippen LogP contribution is 2.41. The maximum absolute atomic E-state index is 13.6. The van der Waals surface area contributed by atoms with Gasteiger partial charge in [-0.25, -0.2) is 0 Å². The predicted molar refractivity (Wildman–Crippen MR) is 124 cm³/mol. The first-order chi connectivity index (χ1) is 15.4. The molecule has 2 aromatic carbocycles. The fraction of sp³-hybridized carbons (Fsp3) is 0.0800. The van der Waals surface area contributed by atoms with Crippen LogP contribution in [0, 0.1) is 6.92 Å². The number of aliphatic hydroxyl groups excluding tert-OH is 1. The van der Waals surface area contributed by atoms with Crippen molar-refractivity contribution in [2.75, 3.05) is 4.90 Å². The number of amides is 1. The van der Waals surface area contributed by atoms with Gasteiger partial charge in [-0.1, -0.05) is 34.1 Å². The topological polar surface area (TPSA) is 83.6 Å². The van der Waals surface area contributed by atoms with E-state index in [1.165, 1.54) is 4.90 Å². The number of aliphatic hydroxyl groups is 1. The van der Waals surface area contributed by atoms with Gasteiger partial charge in [-0.2, -0.15) is 0 Å². The van der Waals surface area contributed by atoms with E-state index in [1.54, 1.807) is 42.6 Å². The van der Waals surface area contributed by atoms with Crippen molar-refractivity contribution in [1.82, 2.24) is 4.98 Å². The van der Waals surface area contributed by atoms with Gasteiger partial charge in [0.15, 0.2) is 11.5 Å². The Kier molecular flexibility index (Phi) is 4.90. The van der Waals surface area contributed by atoms with Gasteiger partial charge in [0.25, 0.3) is 5.91 Å². The molecule has 7 heteroatoms. The molecular formula is C25H17BrN2O4. The first-order valence-corrected chi connectivity index (χ1v) is 10.7. The Hall–Kier alpha value is -3.71. The number of hydrogen-bond donors (Lipinski definition) is 1. The summed E-state index contributed by atoms with van der Waals surface area (Å²) >= 11 is 3.41. The maximum atomic E-state index is 13.6. The summed E-state index contributed by atoms with van der Waals surface area (Å²) in [4.78, 5) is 32.5. The summed E-state index contributed by atoms with van der Waals surface area (Å²) in [5.74, 6) is -1.78.